The van der Waals surface area contributed by atoms with Gasteiger partial charge in [-0.25, -0.2) is 4.98 Å². The average molecular weight is 290 g/mol. The summed E-state index contributed by atoms with van der Waals surface area (Å²) in [6.07, 6.45) is 0. The van der Waals surface area contributed by atoms with Crippen molar-refractivity contribution in [2.24, 2.45) is 11.8 Å². The van der Waals surface area contributed by atoms with Gasteiger partial charge in [-0.1, -0.05) is 0 Å². The first-order valence-electron chi connectivity index (χ1n) is 6.70. The third-order valence-corrected chi connectivity index (χ3v) is 5.16. The predicted molar refractivity (Wildman–Crippen MR) is 78.3 cm³/mol. The van der Waals surface area contributed by atoms with Crippen LogP contribution in [-0.4, -0.2) is 36.1 Å². The Morgan fingerprint density at radius 3 is 2.80 bits per heavy atom. The number of nitro groups is 1. The van der Waals surface area contributed by atoms with E-state index in [0.29, 0.717) is 17.4 Å². The summed E-state index contributed by atoms with van der Waals surface area (Å²) in [6.45, 7) is 3.84. The molecule has 0 radical (unpaired) electrons. The molecule has 0 spiro atoms. The Morgan fingerprint density at radius 2 is 2.10 bits per heavy atom. The van der Waals surface area contributed by atoms with Crippen LogP contribution in [0.25, 0.3) is 10.2 Å². The van der Waals surface area contributed by atoms with Gasteiger partial charge in [0.2, 0.25) is 0 Å². The number of thiazole rings is 1. The molecule has 0 bridgehead atoms. The molecule has 1 N–H and O–H groups in total. The van der Waals surface area contributed by atoms with Gasteiger partial charge in [0.05, 0.1) is 15.1 Å². The van der Waals surface area contributed by atoms with Crippen LogP contribution in [0.4, 0.5) is 11.4 Å². The van der Waals surface area contributed by atoms with Crippen LogP contribution in [0.2, 0.25) is 0 Å². The van der Waals surface area contributed by atoms with E-state index in [4.69, 9.17) is 0 Å². The van der Waals surface area contributed by atoms with Crippen LogP contribution in [0.15, 0.2) is 17.6 Å². The van der Waals surface area contributed by atoms with Gasteiger partial charge in [-0.2, -0.15) is 0 Å². The molecule has 2 atom stereocenters. The van der Waals surface area contributed by atoms with Crippen LogP contribution in [0, 0.1) is 22.0 Å². The first kappa shape index (κ1) is 12.0. The number of nitrogens with zero attached hydrogens (tertiary/aromatic N) is 3. The third-order valence-electron chi connectivity index (χ3n) is 4.37. The van der Waals surface area contributed by atoms with Crippen molar-refractivity contribution in [2.45, 2.75) is 0 Å². The Bertz CT molecular complexity index is 674. The van der Waals surface area contributed by atoms with E-state index >= 15 is 0 Å². The van der Waals surface area contributed by atoms with Crippen molar-refractivity contribution in [1.82, 2.24) is 10.3 Å². The van der Waals surface area contributed by atoms with Crippen LogP contribution in [0.1, 0.15) is 0 Å². The van der Waals surface area contributed by atoms with Crippen LogP contribution < -0.4 is 10.2 Å². The summed E-state index contributed by atoms with van der Waals surface area (Å²) < 4.78 is 0.876. The second-order valence-corrected chi connectivity index (χ2v) is 6.36. The highest BCUT2D eigenvalue weighted by atomic mass is 32.1. The molecule has 0 unspecified atom stereocenters. The third kappa shape index (κ3) is 1.70. The SMILES string of the molecule is O=[N+]([O-])c1c(N2C[C@H]3CNC[C@H]3C2)ccc2scnc12. The van der Waals surface area contributed by atoms with E-state index in [1.54, 1.807) is 5.51 Å². The van der Waals surface area contributed by atoms with Gasteiger partial charge >= 0.3 is 5.69 Å². The fourth-order valence-electron chi connectivity index (χ4n) is 3.39. The number of hydrogen-bond acceptors (Lipinski definition) is 6. The molecule has 3 heterocycles. The van der Waals surface area contributed by atoms with E-state index < -0.39 is 0 Å². The zero-order chi connectivity index (χ0) is 13.7. The van der Waals surface area contributed by atoms with Gasteiger partial charge in [0, 0.05) is 26.2 Å². The van der Waals surface area contributed by atoms with E-state index in [9.17, 15) is 10.1 Å². The molecule has 0 saturated carbocycles. The lowest BCUT2D eigenvalue weighted by atomic mass is 10.0. The molecule has 4 rings (SSSR count). The summed E-state index contributed by atoms with van der Waals surface area (Å²) in [7, 11) is 0. The molecule has 2 fully saturated rings. The summed E-state index contributed by atoms with van der Waals surface area (Å²) in [6, 6.07) is 3.83. The average Bonchev–Trinajstić information content (AvgIpc) is 3.11. The summed E-state index contributed by atoms with van der Waals surface area (Å²) in [5.74, 6) is 1.22. The van der Waals surface area contributed by atoms with Crippen LogP contribution in [0.3, 0.4) is 0 Å². The Balaban J connectivity index is 1.79. The van der Waals surface area contributed by atoms with Crippen molar-refractivity contribution in [3.8, 4) is 0 Å². The largest absolute Gasteiger partial charge is 0.365 e. The number of nitrogens with one attached hydrogen (secondary N) is 1. The number of nitro benzene ring substituents is 1. The number of rotatable bonds is 2. The van der Waals surface area contributed by atoms with E-state index in [1.807, 2.05) is 12.1 Å². The van der Waals surface area contributed by atoms with Crippen molar-refractivity contribution >= 4 is 32.9 Å². The highest BCUT2D eigenvalue weighted by molar-refractivity contribution is 7.16. The summed E-state index contributed by atoms with van der Waals surface area (Å²) >= 11 is 1.44. The molecule has 2 aliphatic heterocycles. The van der Waals surface area contributed by atoms with Gasteiger partial charge in [-0.05, 0) is 24.0 Å². The molecule has 1 aromatic heterocycles. The Kier molecular flexibility index (Phi) is 2.64. The maximum absolute atomic E-state index is 11.5. The van der Waals surface area contributed by atoms with Crippen molar-refractivity contribution < 1.29 is 4.92 Å². The van der Waals surface area contributed by atoms with Crippen molar-refractivity contribution in [3.63, 3.8) is 0 Å². The van der Waals surface area contributed by atoms with Gasteiger partial charge in [0.1, 0.15) is 5.69 Å². The lowest BCUT2D eigenvalue weighted by Gasteiger charge is -2.19. The van der Waals surface area contributed by atoms with Gasteiger partial charge in [-0.15, -0.1) is 11.3 Å². The fourth-order valence-corrected chi connectivity index (χ4v) is 4.07. The molecule has 104 valence electrons. The first-order valence-corrected chi connectivity index (χ1v) is 7.58. The second-order valence-electron chi connectivity index (χ2n) is 5.47. The predicted octanol–water partition coefficient (Wildman–Crippen LogP) is 1.86. The molecule has 7 heteroatoms. The van der Waals surface area contributed by atoms with Gasteiger partial charge in [0.15, 0.2) is 5.52 Å². The molecule has 20 heavy (non-hydrogen) atoms. The smallest absolute Gasteiger partial charge is 0.319 e. The van der Waals surface area contributed by atoms with Crippen LogP contribution in [0.5, 0.6) is 0 Å². The second kappa shape index (κ2) is 4.39. The van der Waals surface area contributed by atoms with Gasteiger partial charge in [-0.3, -0.25) is 10.1 Å². The zero-order valence-electron chi connectivity index (χ0n) is 10.8. The molecule has 6 nitrogen and oxygen atoms in total. The molecule has 1 aromatic carbocycles. The minimum Gasteiger partial charge on any atom is -0.365 e. The van der Waals surface area contributed by atoms with E-state index in [2.05, 4.69) is 15.2 Å². The molecule has 2 aromatic rings. The molecule has 2 saturated heterocycles. The van der Waals surface area contributed by atoms with Crippen molar-refractivity contribution in [2.75, 3.05) is 31.1 Å². The summed E-state index contributed by atoms with van der Waals surface area (Å²) in [5, 5.41) is 14.9. The molecule has 2 aliphatic rings. The minimum absolute atomic E-state index is 0.164. The van der Waals surface area contributed by atoms with Crippen LogP contribution >= 0.6 is 11.3 Å². The number of fused-ring (bicyclic) bond motifs is 2. The Hall–Kier alpha value is -1.73. The highest BCUT2D eigenvalue weighted by Crippen LogP contribution is 2.40. The lowest BCUT2D eigenvalue weighted by Crippen LogP contribution is -2.26. The monoisotopic (exact) mass is 290 g/mol. The minimum atomic E-state index is -0.288. The van der Waals surface area contributed by atoms with E-state index in [0.717, 1.165) is 36.6 Å². The molecular formula is C13H14N4O2S. The normalized spacial score (nSPS) is 25.3. The van der Waals surface area contributed by atoms with Crippen molar-refractivity contribution in [1.29, 1.82) is 0 Å². The summed E-state index contributed by atoms with van der Waals surface area (Å²) in [4.78, 5) is 17.5. The maximum atomic E-state index is 11.5. The zero-order valence-corrected chi connectivity index (χ0v) is 11.6. The topological polar surface area (TPSA) is 71.3 Å². The highest BCUT2D eigenvalue weighted by Gasteiger charge is 2.38. The van der Waals surface area contributed by atoms with Gasteiger partial charge in [0.25, 0.3) is 0 Å². The molecule has 0 aliphatic carbocycles. The lowest BCUT2D eigenvalue weighted by molar-refractivity contribution is -0.382. The Morgan fingerprint density at radius 1 is 1.35 bits per heavy atom. The maximum Gasteiger partial charge on any atom is 0.319 e. The number of anilines is 1. The molecule has 0 amide bonds. The van der Waals surface area contributed by atoms with Gasteiger partial charge < -0.3 is 10.2 Å². The summed E-state index contributed by atoms with van der Waals surface area (Å²) in [5.41, 5.74) is 3.08. The number of aromatic nitrogens is 1. The van der Waals surface area contributed by atoms with Crippen LogP contribution in [-0.2, 0) is 0 Å². The quantitative estimate of drug-likeness (QED) is 0.675. The standard InChI is InChI=1S/C13H14N4O2S/c18-17(19)13-10(1-2-11-12(13)15-7-20-11)16-5-8-3-14-4-9(8)6-16/h1-2,7-9,14H,3-6H2/t8-,9+. The van der Waals surface area contributed by atoms with E-state index in [-0.39, 0.29) is 10.6 Å². The van der Waals surface area contributed by atoms with Crippen molar-refractivity contribution in [3.05, 3.63) is 27.8 Å². The first-order chi connectivity index (χ1) is 9.74. The molecular weight excluding hydrogens is 276 g/mol. The fraction of sp³-hybridized carbons (Fsp3) is 0.462. The Labute approximate surface area is 119 Å². The number of hydrogen-bond donors (Lipinski definition) is 1. The van der Waals surface area contributed by atoms with E-state index in [1.165, 1.54) is 11.3 Å². The number of benzene rings is 1.